The Hall–Kier alpha value is -0.0800. The highest BCUT2D eigenvalue weighted by Crippen LogP contribution is 2.16. The van der Waals surface area contributed by atoms with Crippen LogP contribution >= 0.6 is 0 Å². The molecule has 0 aromatic heterocycles. The van der Waals surface area contributed by atoms with E-state index in [2.05, 4.69) is 19.2 Å². The molecule has 1 unspecified atom stereocenters. The quantitative estimate of drug-likeness (QED) is 0.620. The summed E-state index contributed by atoms with van der Waals surface area (Å²) >= 11 is 0. The van der Waals surface area contributed by atoms with Gasteiger partial charge in [0.15, 0.2) is 0 Å². The highest BCUT2D eigenvalue weighted by molar-refractivity contribution is 4.76. The first-order chi connectivity index (χ1) is 7.05. The molecule has 0 aliphatic rings. The molecule has 0 bridgehead atoms. The Balaban J connectivity index is 3.62. The summed E-state index contributed by atoms with van der Waals surface area (Å²) in [4.78, 5) is 0. The third-order valence-corrected chi connectivity index (χ3v) is 3.09. The fourth-order valence-electron chi connectivity index (χ4n) is 1.72. The van der Waals surface area contributed by atoms with E-state index in [1.54, 1.807) is 0 Å². The molecular formula is C13H29NO. The molecule has 1 atom stereocenters. The zero-order chi connectivity index (χ0) is 11.7. The molecule has 0 aliphatic carbocycles. The van der Waals surface area contributed by atoms with Crippen LogP contribution < -0.4 is 5.32 Å². The Morgan fingerprint density at radius 2 is 1.87 bits per heavy atom. The minimum atomic E-state index is -0.122. The third-order valence-electron chi connectivity index (χ3n) is 3.09. The summed E-state index contributed by atoms with van der Waals surface area (Å²) in [6.07, 6.45) is 6.52. The maximum atomic E-state index is 9.10. The van der Waals surface area contributed by atoms with Crippen molar-refractivity contribution in [2.75, 3.05) is 13.2 Å². The van der Waals surface area contributed by atoms with E-state index < -0.39 is 0 Å². The van der Waals surface area contributed by atoms with Crippen molar-refractivity contribution in [1.29, 1.82) is 0 Å². The largest absolute Gasteiger partial charge is 0.394 e. The van der Waals surface area contributed by atoms with Gasteiger partial charge in [-0.1, -0.05) is 39.5 Å². The molecule has 0 aromatic rings. The molecule has 2 nitrogen and oxygen atoms in total. The summed E-state index contributed by atoms with van der Waals surface area (Å²) in [6, 6.07) is 0. The lowest BCUT2D eigenvalue weighted by Gasteiger charge is -2.25. The third kappa shape index (κ3) is 7.80. The van der Waals surface area contributed by atoms with Gasteiger partial charge in [-0.3, -0.25) is 0 Å². The summed E-state index contributed by atoms with van der Waals surface area (Å²) in [5.74, 6) is 0.854. The number of aliphatic hydroxyl groups excluding tert-OH is 1. The van der Waals surface area contributed by atoms with Crippen LogP contribution in [0.2, 0.25) is 0 Å². The van der Waals surface area contributed by atoms with Crippen molar-refractivity contribution in [3.8, 4) is 0 Å². The zero-order valence-electron chi connectivity index (χ0n) is 11.0. The van der Waals surface area contributed by atoms with Gasteiger partial charge in [-0.2, -0.15) is 0 Å². The number of aliphatic hydroxyl groups is 1. The highest BCUT2D eigenvalue weighted by Gasteiger charge is 2.15. The molecule has 0 amide bonds. The van der Waals surface area contributed by atoms with Gasteiger partial charge in [-0.15, -0.1) is 0 Å². The van der Waals surface area contributed by atoms with Crippen molar-refractivity contribution in [3.63, 3.8) is 0 Å². The summed E-state index contributed by atoms with van der Waals surface area (Å²) in [5, 5.41) is 12.5. The molecule has 2 heteroatoms. The molecule has 92 valence electrons. The SMILES string of the molecule is CCCCC(CC)CCNC(C)(C)CO. The van der Waals surface area contributed by atoms with E-state index >= 15 is 0 Å². The normalized spacial score (nSPS) is 14.2. The second-order valence-corrected chi connectivity index (χ2v) is 5.17. The maximum absolute atomic E-state index is 9.10. The molecule has 0 rings (SSSR count). The van der Waals surface area contributed by atoms with Crippen LogP contribution in [0.5, 0.6) is 0 Å². The first kappa shape index (κ1) is 14.9. The lowest BCUT2D eigenvalue weighted by Crippen LogP contribution is -2.43. The molecule has 0 aromatic carbocycles. The average molecular weight is 215 g/mol. The summed E-state index contributed by atoms with van der Waals surface area (Å²) in [6.45, 7) is 9.84. The fraction of sp³-hybridized carbons (Fsp3) is 1.00. The van der Waals surface area contributed by atoms with Crippen LogP contribution in [-0.2, 0) is 0 Å². The Kier molecular flexibility index (Phi) is 8.07. The van der Waals surface area contributed by atoms with E-state index in [-0.39, 0.29) is 12.1 Å². The molecule has 2 N–H and O–H groups in total. The van der Waals surface area contributed by atoms with Gasteiger partial charge in [0.25, 0.3) is 0 Å². The van der Waals surface area contributed by atoms with Gasteiger partial charge in [-0.25, -0.2) is 0 Å². The molecular weight excluding hydrogens is 186 g/mol. The first-order valence-electron chi connectivity index (χ1n) is 6.41. The van der Waals surface area contributed by atoms with E-state index in [0.717, 1.165) is 12.5 Å². The fourth-order valence-corrected chi connectivity index (χ4v) is 1.72. The molecule has 0 spiro atoms. The predicted octanol–water partition coefficient (Wildman–Crippen LogP) is 2.95. The van der Waals surface area contributed by atoms with Crippen molar-refractivity contribution < 1.29 is 5.11 Å². The lowest BCUT2D eigenvalue weighted by atomic mass is 9.95. The number of unbranched alkanes of at least 4 members (excludes halogenated alkanes) is 1. The summed E-state index contributed by atoms with van der Waals surface area (Å²) < 4.78 is 0. The molecule has 0 saturated carbocycles. The molecule has 0 saturated heterocycles. The van der Waals surface area contributed by atoms with E-state index in [1.165, 1.54) is 32.1 Å². The molecule has 0 aliphatic heterocycles. The van der Waals surface area contributed by atoms with Crippen LogP contribution in [0.1, 0.15) is 59.8 Å². The Bertz CT molecular complexity index is 145. The van der Waals surface area contributed by atoms with Crippen molar-refractivity contribution in [2.24, 2.45) is 5.92 Å². The smallest absolute Gasteiger partial charge is 0.0607 e. The highest BCUT2D eigenvalue weighted by atomic mass is 16.3. The van der Waals surface area contributed by atoms with Crippen LogP contribution in [0.4, 0.5) is 0 Å². The van der Waals surface area contributed by atoms with Gasteiger partial charge in [0.1, 0.15) is 0 Å². The molecule has 15 heavy (non-hydrogen) atoms. The van der Waals surface area contributed by atoms with Crippen LogP contribution in [0.25, 0.3) is 0 Å². The second kappa shape index (κ2) is 8.12. The van der Waals surface area contributed by atoms with Gasteiger partial charge in [0.2, 0.25) is 0 Å². The van der Waals surface area contributed by atoms with Gasteiger partial charge < -0.3 is 10.4 Å². The minimum Gasteiger partial charge on any atom is -0.394 e. The second-order valence-electron chi connectivity index (χ2n) is 5.17. The number of rotatable bonds is 9. The lowest BCUT2D eigenvalue weighted by molar-refractivity contribution is 0.185. The molecule has 0 radical (unpaired) electrons. The van der Waals surface area contributed by atoms with Crippen LogP contribution in [-0.4, -0.2) is 23.8 Å². The van der Waals surface area contributed by atoms with E-state index in [0.29, 0.717) is 0 Å². The van der Waals surface area contributed by atoms with Gasteiger partial charge in [-0.05, 0) is 32.7 Å². The zero-order valence-corrected chi connectivity index (χ0v) is 11.0. The van der Waals surface area contributed by atoms with E-state index in [1.807, 2.05) is 13.8 Å². The summed E-state index contributed by atoms with van der Waals surface area (Å²) in [7, 11) is 0. The topological polar surface area (TPSA) is 32.3 Å². The Morgan fingerprint density at radius 3 is 2.33 bits per heavy atom. The van der Waals surface area contributed by atoms with Gasteiger partial charge >= 0.3 is 0 Å². The number of nitrogens with one attached hydrogen (secondary N) is 1. The average Bonchev–Trinajstić information content (AvgIpc) is 2.23. The van der Waals surface area contributed by atoms with E-state index in [9.17, 15) is 0 Å². The van der Waals surface area contributed by atoms with Crippen LogP contribution in [0.3, 0.4) is 0 Å². The predicted molar refractivity (Wildman–Crippen MR) is 67.1 cm³/mol. The first-order valence-corrected chi connectivity index (χ1v) is 6.41. The van der Waals surface area contributed by atoms with Crippen molar-refractivity contribution in [2.45, 2.75) is 65.3 Å². The molecule has 0 heterocycles. The number of hydrogen-bond donors (Lipinski definition) is 2. The van der Waals surface area contributed by atoms with Crippen molar-refractivity contribution in [1.82, 2.24) is 5.32 Å². The van der Waals surface area contributed by atoms with Gasteiger partial charge in [0, 0.05) is 5.54 Å². The summed E-state index contributed by atoms with van der Waals surface area (Å²) in [5.41, 5.74) is -0.122. The molecule has 0 fully saturated rings. The number of hydrogen-bond acceptors (Lipinski definition) is 2. The maximum Gasteiger partial charge on any atom is 0.0607 e. The van der Waals surface area contributed by atoms with Crippen molar-refractivity contribution >= 4 is 0 Å². The van der Waals surface area contributed by atoms with Crippen LogP contribution in [0, 0.1) is 5.92 Å². The van der Waals surface area contributed by atoms with Crippen LogP contribution in [0.15, 0.2) is 0 Å². The standard InChI is InChI=1S/C13H29NO/c1-5-7-8-12(6-2)9-10-14-13(3,4)11-15/h12,14-15H,5-11H2,1-4H3. The Morgan fingerprint density at radius 1 is 1.20 bits per heavy atom. The van der Waals surface area contributed by atoms with E-state index in [4.69, 9.17) is 5.11 Å². The van der Waals surface area contributed by atoms with Gasteiger partial charge in [0.05, 0.1) is 6.61 Å². The monoisotopic (exact) mass is 215 g/mol. The minimum absolute atomic E-state index is 0.122. The Labute approximate surface area is 95.5 Å². The van der Waals surface area contributed by atoms with Crippen molar-refractivity contribution in [3.05, 3.63) is 0 Å².